The molecule has 0 atom stereocenters. The molecule has 0 saturated carbocycles. The van der Waals surface area contributed by atoms with Crippen molar-refractivity contribution in [3.05, 3.63) is 95.3 Å². The zero-order valence-corrected chi connectivity index (χ0v) is 17.2. The van der Waals surface area contributed by atoms with E-state index >= 15 is 0 Å². The Kier molecular flexibility index (Phi) is 6.77. The van der Waals surface area contributed by atoms with Crippen molar-refractivity contribution in [1.82, 2.24) is 4.90 Å². The van der Waals surface area contributed by atoms with Gasteiger partial charge in [0, 0.05) is 43.0 Å². The van der Waals surface area contributed by atoms with Crippen molar-refractivity contribution >= 4 is 29.1 Å². The van der Waals surface area contributed by atoms with Gasteiger partial charge < -0.3 is 15.5 Å². The average Bonchev–Trinajstić information content (AvgIpc) is 2.75. The van der Waals surface area contributed by atoms with Gasteiger partial charge in [0.25, 0.3) is 11.8 Å². The lowest BCUT2D eigenvalue weighted by molar-refractivity contribution is -0.128. The minimum absolute atomic E-state index is 0.0780. The first-order valence-corrected chi connectivity index (χ1v) is 9.61. The van der Waals surface area contributed by atoms with Crippen LogP contribution in [0.15, 0.2) is 72.8 Å². The van der Waals surface area contributed by atoms with Crippen molar-refractivity contribution in [2.24, 2.45) is 0 Å². The van der Waals surface area contributed by atoms with E-state index in [1.807, 2.05) is 12.1 Å². The number of para-hydroxylation sites is 1. The predicted molar refractivity (Wildman–Crippen MR) is 117 cm³/mol. The maximum absolute atomic E-state index is 13.0. The standard InChI is InChI=1S/C24H22FN3O3/c1-16(29)28(2)15-19-6-3-4-9-22(19)27-24(31)18-7-5-8-21(14-18)26-23(30)17-10-12-20(25)13-11-17/h3-14H,15H2,1-2H3,(H,26,30)(H,27,31). The first-order chi connectivity index (χ1) is 14.8. The highest BCUT2D eigenvalue weighted by molar-refractivity contribution is 6.07. The molecule has 0 saturated heterocycles. The SMILES string of the molecule is CC(=O)N(C)Cc1ccccc1NC(=O)c1cccc(NC(=O)c2ccc(F)cc2)c1. The number of amides is 3. The topological polar surface area (TPSA) is 78.5 Å². The van der Waals surface area contributed by atoms with Crippen molar-refractivity contribution in [3.63, 3.8) is 0 Å². The third-order valence-electron chi connectivity index (χ3n) is 4.70. The highest BCUT2D eigenvalue weighted by Crippen LogP contribution is 2.19. The van der Waals surface area contributed by atoms with E-state index in [0.717, 1.165) is 5.56 Å². The Morgan fingerprint density at radius 3 is 2.23 bits per heavy atom. The van der Waals surface area contributed by atoms with E-state index in [1.165, 1.54) is 31.2 Å². The van der Waals surface area contributed by atoms with Crippen LogP contribution in [-0.4, -0.2) is 29.7 Å². The summed E-state index contributed by atoms with van der Waals surface area (Å²) in [5, 5.41) is 5.56. The number of hydrogen-bond acceptors (Lipinski definition) is 3. The van der Waals surface area contributed by atoms with E-state index in [1.54, 1.807) is 48.3 Å². The van der Waals surface area contributed by atoms with Crippen molar-refractivity contribution in [2.75, 3.05) is 17.7 Å². The van der Waals surface area contributed by atoms with Gasteiger partial charge in [-0.3, -0.25) is 14.4 Å². The molecule has 0 aliphatic carbocycles. The first-order valence-electron chi connectivity index (χ1n) is 9.61. The summed E-state index contributed by atoms with van der Waals surface area (Å²) in [6.45, 7) is 1.84. The minimum Gasteiger partial charge on any atom is -0.342 e. The van der Waals surface area contributed by atoms with E-state index in [-0.39, 0.29) is 11.8 Å². The molecule has 3 rings (SSSR count). The van der Waals surface area contributed by atoms with Crippen LogP contribution in [0.1, 0.15) is 33.2 Å². The number of halogens is 1. The van der Waals surface area contributed by atoms with Gasteiger partial charge in [-0.1, -0.05) is 24.3 Å². The summed E-state index contributed by atoms with van der Waals surface area (Å²) in [5.74, 6) is -1.26. The van der Waals surface area contributed by atoms with Crippen LogP contribution in [-0.2, 0) is 11.3 Å². The van der Waals surface area contributed by atoms with Crippen molar-refractivity contribution in [3.8, 4) is 0 Å². The molecule has 0 bridgehead atoms. The van der Waals surface area contributed by atoms with Gasteiger partial charge in [0.05, 0.1) is 0 Å². The molecule has 31 heavy (non-hydrogen) atoms. The Hall–Kier alpha value is -4.00. The lowest BCUT2D eigenvalue weighted by Crippen LogP contribution is -2.24. The van der Waals surface area contributed by atoms with E-state index < -0.39 is 11.7 Å². The van der Waals surface area contributed by atoms with Gasteiger partial charge in [-0.05, 0) is 54.1 Å². The minimum atomic E-state index is -0.426. The van der Waals surface area contributed by atoms with Gasteiger partial charge in [-0.15, -0.1) is 0 Å². The summed E-state index contributed by atoms with van der Waals surface area (Å²) >= 11 is 0. The summed E-state index contributed by atoms with van der Waals surface area (Å²) in [7, 11) is 1.69. The lowest BCUT2D eigenvalue weighted by Gasteiger charge is -2.18. The quantitative estimate of drug-likeness (QED) is 0.625. The van der Waals surface area contributed by atoms with Crippen LogP contribution in [0.2, 0.25) is 0 Å². The van der Waals surface area contributed by atoms with Crippen LogP contribution in [0.25, 0.3) is 0 Å². The molecule has 7 heteroatoms. The molecular weight excluding hydrogens is 397 g/mol. The molecule has 3 aromatic carbocycles. The van der Waals surface area contributed by atoms with E-state index in [2.05, 4.69) is 10.6 Å². The molecule has 0 heterocycles. The van der Waals surface area contributed by atoms with Crippen LogP contribution in [0.4, 0.5) is 15.8 Å². The molecule has 2 N–H and O–H groups in total. The highest BCUT2D eigenvalue weighted by atomic mass is 19.1. The summed E-state index contributed by atoms with van der Waals surface area (Å²) in [5.41, 5.74) is 2.49. The lowest BCUT2D eigenvalue weighted by atomic mass is 10.1. The molecular formula is C24H22FN3O3. The van der Waals surface area contributed by atoms with Crippen molar-refractivity contribution < 1.29 is 18.8 Å². The summed E-state index contributed by atoms with van der Waals surface area (Å²) in [4.78, 5) is 38.2. The van der Waals surface area contributed by atoms with Crippen molar-refractivity contribution in [1.29, 1.82) is 0 Å². The Morgan fingerprint density at radius 1 is 0.839 bits per heavy atom. The number of carbonyl (C=O) groups excluding carboxylic acids is 3. The van der Waals surface area contributed by atoms with Gasteiger partial charge in [0.15, 0.2) is 0 Å². The molecule has 158 valence electrons. The highest BCUT2D eigenvalue weighted by Gasteiger charge is 2.13. The summed E-state index contributed by atoms with van der Waals surface area (Å²) < 4.78 is 13.0. The van der Waals surface area contributed by atoms with Gasteiger partial charge in [0.1, 0.15) is 5.82 Å². The summed E-state index contributed by atoms with van der Waals surface area (Å²) in [6, 6.07) is 18.9. The fourth-order valence-electron chi connectivity index (χ4n) is 2.88. The van der Waals surface area contributed by atoms with Gasteiger partial charge in [-0.25, -0.2) is 4.39 Å². The third kappa shape index (κ3) is 5.76. The third-order valence-corrected chi connectivity index (χ3v) is 4.70. The molecule has 6 nitrogen and oxygen atoms in total. The molecule has 0 spiro atoms. The monoisotopic (exact) mass is 419 g/mol. The fraction of sp³-hybridized carbons (Fsp3) is 0.125. The molecule has 0 unspecified atom stereocenters. The second-order valence-corrected chi connectivity index (χ2v) is 7.03. The molecule has 0 aliphatic rings. The maximum atomic E-state index is 13.0. The molecule has 3 aromatic rings. The van der Waals surface area contributed by atoms with E-state index in [9.17, 15) is 18.8 Å². The van der Waals surface area contributed by atoms with Crippen LogP contribution in [0, 0.1) is 5.82 Å². The number of hydrogen-bond donors (Lipinski definition) is 2. The van der Waals surface area contributed by atoms with E-state index in [4.69, 9.17) is 0 Å². The number of nitrogens with one attached hydrogen (secondary N) is 2. The molecule has 3 amide bonds. The van der Waals surface area contributed by atoms with Crippen LogP contribution < -0.4 is 10.6 Å². The average molecular weight is 419 g/mol. The predicted octanol–water partition coefficient (Wildman–Crippen LogP) is 4.31. The number of carbonyl (C=O) groups is 3. The Balaban J connectivity index is 1.73. The second kappa shape index (κ2) is 9.67. The Labute approximate surface area is 179 Å². The van der Waals surface area contributed by atoms with Gasteiger partial charge in [0.2, 0.25) is 5.91 Å². The smallest absolute Gasteiger partial charge is 0.255 e. The fourth-order valence-corrected chi connectivity index (χ4v) is 2.88. The zero-order valence-electron chi connectivity index (χ0n) is 17.2. The number of benzene rings is 3. The first kappa shape index (κ1) is 21.7. The normalized spacial score (nSPS) is 10.3. The largest absolute Gasteiger partial charge is 0.342 e. The van der Waals surface area contributed by atoms with Crippen LogP contribution >= 0.6 is 0 Å². The van der Waals surface area contributed by atoms with Crippen LogP contribution in [0.3, 0.4) is 0 Å². The Morgan fingerprint density at radius 2 is 1.52 bits per heavy atom. The number of nitrogens with zero attached hydrogens (tertiary/aromatic N) is 1. The maximum Gasteiger partial charge on any atom is 0.255 e. The number of anilines is 2. The second-order valence-electron chi connectivity index (χ2n) is 7.03. The van der Waals surface area contributed by atoms with Gasteiger partial charge >= 0.3 is 0 Å². The van der Waals surface area contributed by atoms with Gasteiger partial charge in [-0.2, -0.15) is 0 Å². The Bertz CT molecular complexity index is 1110. The molecule has 0 radical (unpaired) electrons. The zero-order chi connectivity index (χ0) is 22.4. The molecule has 0 fully saturated rings. The number of rotatable bonds is 6. The van der Waals surface area contributed by atoms with Crippen LogP contribution in [0.5, 0.6) is 0 Å². The van der Waals surface area contributed by atoms with E-state index in [0.29, 0.717) is 29.0 Å². The molecule has 0 aromatic heterocycles. The summed E-state index contributed by atoms with van der Waals surface area (Å²) in [6.07, 6.45) is 0. The molecule has 0 aliphatic heterocycles. The van der Waals surface area contributed by atoms with Crippen molar-refractivity contribution in [2.45, 2.75) is 13.5 Å².